The van der Waals surface area contributed by atoms with Crippen molar-refractivity contribution < 1.29 is 4.79 Å². The van der Waals surface area contributed by atoms with E-state index in [4.69, 9.17) is 0 Å². The SMILES string of the molecule is CNC(=O)C1CCCCCCC(I)CCCCC1. The monoisotopic (exact) mass is 365 g/mol. The molecular weight excluding hydrogens is 337 g/mol. The normalized spacial score (nSPS) is 28.6. The van der Waals surface area contributed by atoms with Crippen LogP contribution in [-0.4, -0.2) is 16.9 Å². The Labute approximate surface area is 126 Å². The standard InChI is InChI=1S/C15H28INO/c1-17-15(18)13-9-5-2-3-7-11-14(16)12-8-4-6-10-13/h13-14H,2-12H2,1H3,(H,17,18). The van der Waals surface area contributed by atoms with Crippen LogP contribution in [0, 0.1) is 5.92 Å². The lowest BCUT2D eigenvalue weighted by atomic mass is 9.94. The van der Waals surface area contributed by atoms with E-state index in [9.17, 15) is 4.79 Å². The molecule has 0 aromatic carbocycles. The number of rotatable bonds is 1. The lowest BCUT2D eigenvalue weighted by Crippen LogP contribution is -2.27. The number of nitrogens with one attached hydrogen (secondary N) is 1. The Morgan fingerprint density at radius 2 is 1.33 bits per heavy atom. The Morgan fingerprint density at radius 3 is 1.83 bits per heavy atom. The molecule has 0 spiro atoms. The van der Waals surface area contributed by atoms with Gasteiger partial charge in [-0.3, -0.25) is 4.79 Å². The second-order valence-electron chi connectivity index (χ2n) is 5.54. The third kappa shape index (κ3) is 6.95. The van der Waals surface area contributed by atoms with E-state index in [1.807, 2.05) is 0 Å². The van der Waals surface area contributed by atoms with Gasteiger partial charge in [-0.25, -0.2) is 0 Å². The Kier molecular flexibility index (Phi) is 9.07. The van der Waals surface area contributed by atoms with Gasteiger partial charge in [0.2, 0.25) is 5.91 Å². The van der Waals surface area contributed by atoms with E-state index in [2.05, 4.69) is 27.9 Å². The number of hydrogen-bond acceptors (Lipinski definition) is 1. The molecule has 1 fully saturated rings. The Hall–Kier alpha value is 0.200. The van der Waals surface area contributed by atoms with Crippen molar-refractivity contribution in [2.45, 2.75) is 74.6 Å². The van der Waals surface area contributed by atoms with Gasteiger partial charge < -0.3 is 5.32 Å². The van der Waals surface area contributed by atoms with E-state index in [1.165, 1.54) is 57.8 Å². The molecule has 1 N–H and O–H groups in total. The number of amides is 1. The first-order valence-electron chi connectivity index (χ1n) is 7.59. The summed E-state index contributed by atoms with van der Waals surface area (Å²) in [6.07, 6.45) is 14.0. The summed E-state index contributed by atoms with van der Waals surface area (Å²) in [5.41, 5.74) is 0. The molecule has 0 aromatic rings. The van der Waals surface area contributed by atoms with Gasteiger partial charge in [0.15, 0.2) is 0 Å². The van der Waals surface area contributed by atoms with Gasteiger partial charge in [0.1, 0.15) is 0 Å². The average molecular weight is 365 g/mol. The van der Waals surface area contributed by atoms with E-state index >= 15 is 0 Å². The second-order valence-corrected chi connectivity index (χ2v) is 7.30. The van der Waals surface area contributed by atoms with Gasteiger partial charge in [0, 0.05) is 16.9 Å². The molecule has 1 aliphatic carbocycles. The number of halogens is 1. The van der Waals surface area contributed by atoms with Crippen molar-refractivity contribution in [2.24, 2.45) is 5.92 Å². The number of hydrogen-bond donors (Lipinski definition) is 1. The van der Waals surface area contributed by atoms with Crippen LogP contribution in [0.15, 0.2) is 0 Å². The quantitative estimate of drug-likeness (QED) is 0.540. The van der Waals surface area contributed by atoms with Gasteiger partial charge >= 0.3 is 0 Å². The summed E-state index contributed by atoms with van der Waals surface area (Å²) >= 11 is 2.62. The van der Waals surface area contributed by atoms with E-state index in [-0.39, 0.29) is 11.8 Å². The topological polar surface area (TPSA) is 29.1 Å². The molecule has 0 radical (unpaired) electrons. The van der Waals surface area contributed by atoms with Gasteiger partial charge in [-0.2, -0.15) is 0 Å². The van der Waals surface area contributed by atoms with E-state index in [0.29, 0.717) is 0 Å². The predicted octanol–water partition coefficient (Wildman–Crippen LogP) is 4.46. The molecule has 2 unspecified atom stereocenters. The van der Waals surface area contributed by atoms with Crippen LogP contribution in [0.2, 0.25) is 0 Å². The summed E-state index contributed by atoms with van der Waals surface area (Å²) < 4.78 is 0.873. The molecule has 106 valence electrons. The highest BCUT2D eigenvalue weighted by Crippen LogP contribution is 2.23. The first-order valence-corrected chi connectivity index (χ1v) is 8.84. The van der Waals surface area contributed by atoms with E-state index < -0.39 is 0 Å². The minimum atomic E-state index is 0.261. The Morgan fingerprint density at radius 1 is 0.889 bits per heavy atom. The fourth-order valence-electron chi connectivity index (χ4n) is 2.80. The highest BCUT2D eigenvalue weighted by atomic mass is 127. The maximum Gasteiger partial charge on any atom is 0.222 e. The Bertz CT molecular complexity index is 233. The van der Waals surface area contributed by atoms with Gasteiger partial charge in [0.25, 0.3) is 0 Å². The molecule has 18 heavy (non-hydrogen) atoms. The molecule has 1 aliphatic rings. The number of carbonyl (C=O) groups excluding carboxylic acids is 1. The van der Waals surface area contributed by atoms with Gasteiger partial charge in [-0.05, 0) is 25.7 Å². The molecule has 2 atom stereocenters. The molecule has 1 rings (SSSR count). The van der Waals surface area contributed by atoms with Gasteiger partial charge in [-0.1, -0.05) is 67.5 Å². The van der Waals surface area contributed by atoms with Crippen LogP contribution < -0.4 is 5.32 Å². The smallest absolute Gasteiger partial charge is 0.222 e. The summed E-state index contributed by atoms with van der Waals surface area (Å²) in [5, 5.41) is 2.83. The maximum absolute atomic E-state index is 11.8. The van der Waals surface area contributed by atoms with Crippen molar-refractivity contribution in [3.05, 3.63) is 0 Å². The minimum Gasteiger partial charge on any atom is -0.359 e. The summed E-state index contributed by atoms with van der Waals surface area (Å²) in [6.45, 7) is 0. The van der Waals surface area contributed by atoms with Crippen LogP contribution in [0.4, 0.5) is 0 Å². The average Bonchev–Trinajstić information content (AvgIpc) is 2.40. The molecule has 2 nitrogen and oxygen atoms in total. The van der Waals surface area contributed by atoms with Crippen LogP contribution in [-0.2, 0) is 4.79 Å². The van der Waals surface area contributed by atoms with Crippen molar-refractivity contribution in [1.82, 2.24) is 5.32 Å². The van der Waals surface area contributed by atoms with Gasteiger partial charge in [-0.15, -0.1) is 0 Å². The van der Waals surface area contributed by atoms with Crippen molar-refractivity contribution in [3.63, 3.8) is 0 Å². The summed E-state index contributed by atoms with van der Waals surface area (Å²) in [5.74, 6) is 0.530. The van der Waals surface area contributed by atoms with E-state index in [0.717, 1.165) is 16.8 Å². The molecule has 1 saturated carbocycles. The van der Waals surface area contributed by atoms with Crippen molar-refractivity contribution in [1.29, 1.82) is 0 Å². The summed E-state index contributed by atoms with van der Waals surface area (Å²) in [6, 6.07) is 0. The van der Waals surface area contributed by atoms with Crippen LogP contribution in [0.5, 0.6) is 0 Å². The molecule has 3 heteroatoms. The minimum absolute atomic E-state index is 0.261. The second kappa shape index (κ2) is 10.0. The zero-order valence-electron chi connectivity index (χ0n) is 11.7. The first kappa shape index (κ1) is 16.3. The summed E-state index contributed by atoms with van der Waals surface area (Å²) in [4.78, 5) is 11.8. The third-order valence-electron chi connectivity index (χ3n) is 4.01. The fraction of sp³-hybridized carbons (Fsp3) is 0.933. The lowest BCUT2D eigenvalue weighted by molar-refractivity contribution is -0.125. The van der Waals surface area contributed by atoms with Crippen molar-refractivity contribution >= 4 is 28.5 Å². The van der Waals surface area contributed by atoms with Crippen molar-refractivity contribution in [2.75, 3.05) is 7.05 Å². The highest BCUT2D eigenvalue weighted by molar-refractivity contribution is 14.1. The third-order valence-corrected chi connectivity index (χ3v) is 5.25. The molecule has 0 bridgehead atoms. The van der Waals surface area contributed by atoms with Crippen LogP contribution in [0.25, 0.3) is 0 Å². The lowest BCUT2D eigenvalue weighted by Gasteiger charge is -2.15. The molecule has 0 heterocycles. The largest absolute Gasteiger partial charge is 0.359 e. The van der Waals surface area contributed by atoms with Gasteiger partial charge in [0.05, 0.1) is 0 Å². The summed E-state index contributed by atoms with van der Waals surface area (Å²) in [7, 11) is 1.77. The number of carbonyl (C=O) groups is 1. The zero-order chi connectivity index (χ0) is 13.2. The number of alkyl halides is 1. The molecule has 0 saturated heterocycles. The van der Waals surface area contributed by atoms with Crippen LogP contribution in [0.1, 0.15) is 70.6 Å². The van der Waals surface area contributed by atoms with E-state index in [1.54, 1.807) is 7.05 Å². The predicted molar refractivity (Wildman–Crippen MR) is 86.2 cm³/mol. The first-order chi connectivity index (χ1) is 8.74. The van der Waals surface area contributed by atoms with Crippen molar-refractivity contribution in [3.8, 4) is 0 Å². The zero-order valence-corrected chi connectivity index (χ0v) is 13.9. The molecule has 0 aliphatic heterocycles. The Balaban J connectivity index is 2.38. The van der Waals surface area contributed by atoms with Crippen LogP contribution in [0.3, 0.4) is 0 Å². The van der Waals surface area contributed by atoms with Crippen LogP contribution >= 0.6 is 22.6 Å². The molecular formula is C15H28INO. The fourth-order valence-corrected chi connectivity index (χ4v) is 3.68. The maximum atomic E-state index is 11.8. The highest BCUT2D eigenvalue weighted by Gasteiger charge is 2.16. The molecule has 0 aromatic heterocycles. The molecule has 1 amide bonds.